The first-order valence-electron chi connectivity index (χ1n) is 6.73. The van der Waals surface area contributed by atoms with Crippen molar-refractivity contribution in [2.45, 2.75) is 44.9 Å². The average molecular weight is 271 g/mol. The number of carbonyl (C=O) groups is 3. The Kier molecular flexibility index (Phi) is 6.32. The highest BCUT2D eigenvalue weighted by Gasteiger charge is 2.27. The molecule has 0 radical (unpaired) electrons. The molecule has 6 nitrogen and oxygen atoms in total. The first-order chi connectivity index (χ1) is 9.00. The first kappa shape index (κ1) is 15.5. The van der Waals surface area contributed by atoms with Crippen LogP contribution >= 0.6 is 0 Å². The molecule has 1 saturated carbocycles. The summed E-state index contributed by atoms with van der Waals surface area (Å²) in [6.45, 7) is -1.08. The van der Waals surface area contributed by atoms with Crippen molar-refractivity contribution in [2.24, 2.45) is 5.92 Å². The molecule has 108 valence electrons. The van der Waals surface area contributed by atoms with E-state index in [1.54, 1.807) is 0 Å². The Morgan fingerprint density at radius 1 is 0.842 bits per heavy atom. The second-order valence-electron chi connectivity index (χ2n) is 5.02. The van der Waals surface area contributed by atoms with E-state index < -0.39 is 25.0 Å². The molecule has 19 heavy (non-hydrogen) atoms. The number of carboxylic acid groups (broad SMARTS) is 2. The normalized spacial score (nSPS) is 17.3. The Labute approximate surface area is 112 Å². The Balaban J connectivity index is 2.66. The molecule has 1 aliphatic rings. The van der Waals surface area contributed by atoms with Gasteiger partial charge in [-0.15, -0.1) is 0 Å². The summed E-state index contributed by atoms with van der Waals surface area (Å²) in [5, 5.41) is 17.5. The summed E-state index contributed by atoms with van der Waals surface area (Å²) in [6.07, 6.45) is 6.70. The molecule has 1 aliphatic carbocycles. The van der Waals surface area contributed by atoms with Crippen LogP contribution in [0.1, 0.15) is 44.9 Å². The van der Waals surface area contributed by atoms with E-state index in [2.05, 4.69) is 0 Å². The third-order valence-electron chi connectivity index (χ3n) is 3.42. The zero-order chi connectivity index (χ0) is 14.3. The van der Waals surface area contributed by atoms with Crippen molar-refractivity contribution in [2.75, 3.05) is 13.1 Å². The number of hydrogen-bond acceptors (Lipinski definition) is 3. The first-order valence-corrected chi connectivity index (χ1v) is 6.73. The van der Waals surface area contributed by atoms with E-state index in [1.807, 2.05) is 0 Å². The summed E-state index contributed by atoms with van der Waals surface area (Å²) in [7, 11) is 0. The zero-order valence-corrected chi connectivity index (χ0v) is 11.0. The largest absolute Gasteiger partial charge is 0.480 e. The molecule has 0 saturated heterocycles. The topological polar surface area (TPSA) is 94.9 Å². The van der Waals surface area contributed by atoms with Gasteiger partial charge in [-0.25, -0.2) is 0 Å². The maximum absolute atomic E-state index is 12.2. The number of nitrogens with zero attached hydrogens (tertiary/aromatic N) is 1. The number of hydrogen-bond donors (Lipinski definition) is 2. The quantitative estimate of drug-likeness (QED) is 0.787. The molecule has 0 aromatic heterocycles. The lowest BCUT2D eigenvalue weighted by Gasteiger charge is -2.25. The minimum Gasteiger partial charge on any atom is -0.480 e. The zero-order valence-electron chi connectivity index (χ0n) is 11.0. The Morgan fingerprint density at radius 2 is 1.26 bits per heavy atom. The van der Waals surface area contributed by atoms with Crippen LogP contribution in [-0.2, 0) is 14.4 Å². The third kappa shape index (κ3) is 5.72. The summed E-state index contributed by atoms with van der Waals surface area (Å²) >= 11 is 0. The van der Waals surface area contributed by atoms with Crippen molar-refractivity contribution in [1.29, 1.82) is 0 Å². The molecule has 1 rings (SSSR count). The van der Waals surface area contributed by atoms with Crippen molar-refractivity contribution in [1.82, 2.24) is 4.90 Å². The molecule has 0 aromatic carbocycles. The molecule has 0 bridgehead atoms. The van der Waals surface area contributed by atoms with Crippen LogP contribution in [0.4, 0.5) is 0 Å². The molecule has 6 heteroatoms. The maximum Gasteiger partial charge on any atom is 0.323 e. The van der Waals surface area contributed by atoms with Crippen LogP contribution in [0.3, 0.4) is 0 Å². The lowest BCUT2D eigenvalue weighted by Crippen LogP contribution is -2.42. The summed E-state index contributed by atoms with van der Waals surface area (Å²) in [4.78, 5) is 34.6. The van der Waals surface area contributed by atoms with Crippen LogP contribution in [0.25, 0.3) is 0 Å². The molecule has 2 N–H and O–H groups in total. The van der Waals surface area contributed by atoms with E-state index in [0.29, 0.717) is 0 Å². The predicted octanol–water partition coefficient (Wildman–Crippen LogP) is 1.34. The number of aliphatic carboxylic acids is 2. The van der Waals surface area contributed by atoms with Crippen LogP contribution in [0.15, 0.2) is 0 Å². The Morgan fingerprint density at radius 3 is 1.68 bits per heavy atom. The highest BCUT2D eigenvalue weighted by atomic mass is 16.4. The molecular weight excluding hydrogens is 250 g/mol. The fourth-order valence-corrected chi connectivity index (χ4v) is 2.50. The number of carbonyl (C=O) groups excluding carboxylic acids is 1. The SMILES string of the molecule is O=C(O)CN(CC(=O)O)C(=O)C1CCCCCCC1. The third-order valence-corrected chi connectivity index (χ3v) is 3.42. The van der Waals surface area contributed by atoms with E-state index in [-0.39, 0.29) is 11.8 Å². The molecule has 1 amide bonds. The number of amides is 1. The van der Waals surface area contributed by atoms with Crippen LogP contribution in [0, 0.1) is 5.92 Å². The van der Waals surface area contributed by atoms with Crippen molar-refractivity contribution in [3.8, 4) is 0 Å². The van der Waals surface area contributed by atoms with Crippen molar-refractivity contribution < 1.29 is 24.6 Å². The van der Waals surface area contributed by atoms with E-state index >= 15 is 0 Å². The maximum atomic E-state index is 12.2. The minimum atomic E-state index is -1.18. The lowest BCUT2D eigenvalue weighted by molar-refractivity contribution is -0.151. The summed E-state index contributed by atoms with van der Waals surface area (Å²) in [5.41, 5.74) is 0. The smallest absolute Gasteiger partial charge is 0.323 e. The van der Waals surface area contributed by atoms with Gasteiger partial charge in [0.05, 0.1) is 0 Å². The average Bonchev–Trinajstić information content (AvgIpc) is 2.25. The van der Waals surface area contributed by atoms with Gasteiger partial charge in [0, 0.05) is 5.92 Å². The second kappa shape index (κ2) is 7.76. The van der Waals surface area contributed by atoms with Crippen LogP contribution < -0.4 is 0 Å². The van der Waals surface area contributed by atoms with Gasteiger partial charge in [0.1, 0.15) is 13.1 Å². The van der Waals surface area contributed by atoms with Gasteiger partial charge in [0.2, 0.25) is 5.91 Å². The van der Waals surface area contributed by atoms with Crippen molar-refractivity contribution >= 4 is 17.8 Å². The van der Waals surface area contributed by atoms with Crippen LogP contribution in [-0.4, -0.2) is 46.0 Å². The van der Waals surface area contributed by atoms with Gasteiger partial charge in [-0.1, -0.05) is 32.1 Å². The molecule has 1 fully saturated rings. The fraction of sp³-hybridized carbons (Fsp3) is 0.769. The molecule has 0 unspecified atom stereocenters. The van der Waals surface area contributed by atoms with E-state index in [0.717, 1.165) is 43.4 Å². The van der Waals surface area contributed by atoms with E-state index in [9.17, 15) is 14.4 Å². The van der Waals surface area contributed by atoms with Gasteiger partial charge in [-0.3, -0.25) is 14.4 Å². The van der Waals surface area contributed by atoms with Gasteiger partial charge in [0.15, 0.2) is 0 Å². The Hall–Kier alpha value is -1.59. The second-order valence-corrected chi connectivity index (χ2v) is 5.02. The molecule has 0 aromatic rings. The lowest BCUT2D eigenvalue weighted by atomic mass is 9.90. The van der Waals surface area contributed by atoms with Gasteiger partial charge >= 0.3 is 11.9 Å². The molecule has 0 atom stereocenters. The fourth-order valence-electron chi connectivity index (χ4n) is 2.50. The van der Waals surface area contributed by atoms with Crippen LogP contribution in [0.2, 0.25) is 0 Å². The number of rotatable bonds is 5. The molecule has 0 aliphatic heterocycles. The monoisotopic (exact) mass is 271 g/mol. The van der Waals surface area contributed by atoms with Crippen molar-refractivity contribution in [3.63, 3.8) is 0 Å². The summed E-state index contributed by atoms with van der Waals surface area (Å²) < 4.78 is 0. The highest BCUT2D eigenvalue weighted by Crippen LogP contribution is 2.24. The van der Waals surface area contributed by atoms with E-state index in [1.165, 1.54) is 6.42 Å². The summed E-state index contributed by atoms with van der Waals surface area (Å²) in [6, 6.07) is 0. The molecule has 0 heterocycles. The van der Waals surface area contributed by atoms with E-state index in [4.69, 9.17) is 10.2 Å². The predicted molar refractivity (Wildman–Crippen MR) is 67.7 cm³/mol. The highest BCUT2D eigenvalue weighted by molar-refractivity contribution is 5.86. The van der Waals surface area contributed by atoms with Crippen LogP contribution in [0.5, 0.6) is 0 Å². The molecular formula is C13H21NO5. The van der Waals surface area contributed by atoms with Gasteiger partial charge in [0.25, 0.3) is 0 Å². The number of carboxylic acids is 2. The Bertz CT molecular complexity index is 318. The van der Waals surface area contributed by atoms with Gasteiger partial charge in [-0.2, -0.15) is 0 Å². The van der Waals surface area contributed by atoms with Crippen molar-refractivity contribution in [3.05, 3.63) is 0 Å². The van der Waals surface area contributed by atoms with Gasteiger partial charge in [-0.05, 0) is 12.8 Å². The summed E-state index contributed by atoms with van der Waals surface area (Å²) in [5.74, 6) is -2.91. The van der Waals surface area contributed by atoms with Gasteiger partial charge < -0.3 is 15.1 Å². The minimum absolute atomic E-state index is 0.223. The molecule has 0 spiro atoms. The standard InChI is InChI=1S/C13H21NO5/c15-11(16)8-14(9-12(17)18)13(19)10-6-4-2-1-3-5-7-10/h10H,1-9H2,(H,15,16)(H,17,18).